The monoisotopic (exact) mass is 236 g/mol. The fourth-order valence-electron chi connectivity index (χ4n) is 1.77. The molecule has 0 bridgehead atoms. The van der Waals surface area contributed by atoms with Gasteiger partial charge in [-0.2, -0.15) is 0 Å². The van der Waals surface area contributed by atoms with Crippen molar-refractivity contribution in [2.24, 2.45) is 5.11 Å². The molecular weight excluding hydrogens is 228 g/mol. The maximum Gasteiger partial charge on any atom is 0.231 e. The minimum Gasteiger partial charge on any atom is -0.312 e. The number of hydrogen-bond donors (Lipinski definition) is 0. The van der Waals surface area contributed by atoms with Crippen molar-refractivity contribution < 1.29 is 4.79 Å². The first-order valence-corrected chi connectivity index (χ1v) is 5.20. The van der Waals surface area contributed by atoms with Crippen LogP contribution < -0.4 is 4.90 Å². The van der Waals surface area contributed by atoms with Crippen molar-refractivity contribution in [1.29, 1.82) is 0 Å². The van der Waals surface area contributed by atoms with Crippen LogP contribution in [0.5, 0.6) is 0 Å². The Balaban J connectivity index is 2.24. The third-order valence-corrected chi connectivity index (χ3v) is 2.70. The summed E-state index contributed by atoms with van der Waals surface area (Å²) in [7, 11) is 0. The van der Waals surface area contributed by atoms with Gasteiger partial charge in [0.05, 0.1) is 6.42 Å². The van der Waals surface area contributed by atoms with Gasteiger partial charge in [0, 0.05) is 28.7 Å². The SMILES string of the molecule is [N-]=[N+]=NCCN1C(=O)Cc2ccc(Cl)cc21. The molecule has 0 N–H and O–H groups in total. The standard InChI is InChI=1S/C10H9ClN4O/c11-8-2-1-7-5-10(16)15(9(7)6-8)4-3-13-14-12/h1-2,6H,3-5H2. The minimum atomic E-state index is 0.0189. The second-order valence-corrected chi connectivity index (χ2v) is 3.89. The second kappa shape index (κ2) is 4.43. The van der Waals surface area contributed by atoms with Gasteiger partial charge in [0.1, 0.15) is 0 Å². The third kappa shape index (κ3) is 1.96. The number of carbonyl (C=O) groups is 1. The van der Waals surface area contributed by atoms with Crippen LogP contribution in [0, 0.1) is 0 Å². The van der Waals surface area contributed by atoms with E-state index in [1.54, 1.807) is 17.0 Å². The first-order chi connectivity index (χ1) is 7.72. The average Bonchev–Trinajstić information content (AvgIpc) is 2.56. The van der Waals surface area contributed by atoms with Crippen LogP contribution in [0.4, 0.5) is 5.69 Å². The first kappa shape index (κ1) is 10.8. The Hall–Kier alpha value is -1.71. The summed E-state index contributed by atoms with van der Waals surface area (Å²) in [5.74, 6) is 0.0189. The van der Waals surface area contributed by atoms with E-state index in [1.807, 2.05) is 6.07 Å². The lowest BCUT2D eigenvalue weighted by Crippen LogP contribution is -2.29. The van der Waals surface area contributed by atoms with Crippen molar-refractivity contribution in [1.82, 2.24) is 0 Å². The highest BCUT2D eigenvalue weighted by Gasteiger charge is 2.26. The molecule has 1 heterocycles. The fourth-order valence-corrected chi connectivity index (χ4v) is 1.93. The third-order valence-electron chi connectivity index (χ3n) is 2.47. The molecule has 0 saturated heterocycles. The van der Waals surface area contributed by atoms with Gasteiger partial charge in [-0.15, -0.1) is 0 Å². The number of amides is 1. The zero-order valence-corrected chi connectivity index (χ0v) is 9.18. The molecule has 6 heteroatoms. The number of benzene rings is 1. The molecule has 0 radical (unpaired) electrons. The van der Waals surface area contributed by atoms with E-state index in [9.17, 15) is 4.79 Å². The summed E-state index contributed by atoms with van der Waals surface area (Å²) in [6, 6.07) is 5.38. The molecule has 1 aliphatic heterocycles. The minimum absolute atomic E-state index is 0.0189. The number of hydrogen-bond acceptors (Lipinski definition) is 2. The van der Waals surface area contributed by atoms with Crippen molar-refractivity contribution in [2.45, 2.75) is 6.42 Å². The highest BCUT2D eigenvalue weighted by atomic mass is 35.5. The van der Waals surface area contributed by atoms with Crippen LogP contribution in [0.15, 0.2) is 23.3 Å². The quantitative estimate of drug-likeness (QED) is 0.452. The van der Waals surface area contributed by atoms with E-state index < -0.39 is 0 Å². The average molecular weight is 237 g/mol. The molecule has 0 atom stereocenters. The van der Waals surface area contributed by atoms with Gasteiger partial charge in [0.2, 0.25) is 5.91 Å². The fraction of sp³-hybridized carbons (Fsp3) is 0.300. The number of rotatable bonds is 3. The molecule has 5 nitrogen and oxygen atoms in total. The predicted molar refractivity (Wildman–Crippen MR) is 61.5 cm³/mol. The maximum absolute atomic E-state index is 11.7. The Kier molecular flexibility index (Phi) is 2.99. The van der Waals surface area contributed by atoms with Crippen LogP contribution in [0.1, 0.15) is 5.56 Å². The molecule has 1 aromatic carbocycles. The summed E-state index contributed by atoms with van der Waals surface area (Å²) in [5.41, 5.74) is 9.97. The lowest BCUT2D eigenvalue weighted by molar-refractivity contribution is -0.117. The Bertz CT molecular complexity index is 482. The summed E-state index contributed by atoms with van der Waals surface area (Å²) in [5, 5.41) is 4.02. The van der Waals surface area contributed by atoms with E-state index in [0.29, 0.717) is 18.0 Å². The molecule has 16 heavy (non-hydrogen) atoms. The molecule has 1 aliphatic rings. The highest BCUT2D eigenvalue weighted by molar-refractivity contribution is 6.31. The lowest BCUT2D eigenvalue weighted by atomic mass is 10.2. The van der Waals surface area contributed by atoms with Crippen LogP contribution in [0.2, 0.25) is 5.02 Å². The van der Waals surface area contributed by atoms with Crippen molar-refractivity contribution in [3.63, 3.8) is 0 Å². The number of nitrogens with zero attached hydrogens (tertiary/aromatic N) is 4. The number of carbonyl (C=O) groups excluding carboxylic acids is 1. The predicted octanol–water partition coefficient (Wildman–Crippen LogP) is 2.54. The molecular formula is C10H9ClN4O. The van der Waals surface area contributed by atoms with Crippen LogP contribution in [0.25, 0.3) is 10.4 Å². The summed E-state index contributed by atoms with van der Waals surface area (Å²) in [6.07, 6.45) is 0.392. The van der Waals surface area contributed by atoms with Crippen molar-refractivity contribution >= 4 is 23.2 Å². The molecule has 82 valence electrons. The van der Waals surface area contributed by atoms with Crippen LogP contribution >= 0.6 is 11.6 Å². The van der Waals surface area contributed by atoms with Gasteiger partial charge in [0.15, 0.2) is 0 Å². The van der Waals surface area contributed by atoms with Gasteiger partial charge < -0.3 is 4.90 Å². The van der Waals surface area contributed by atoms with Gasteiger partial charge in [-0.3, -0.25) is 4.79 Å². The molecule has 1 aromatic rings. The smallest absolute Gasteiger partial charge is 0.231 e. The molecule has 2 rings (SSSR count). The number of anilines is 1. The van der Waals surface area contributed by atoms with Crippen LogP contribution in [0.3, 0.4) is 0 Å². The van der Waals surface area contributed by atoms with E-state index in [1.165, 1.54) is 0 Å². The Labute approximate surface area is 97.2 Å². The van der Waals surface area contributed by atoms with Gasteiger partial charge in [-0.1, -0.05) is 22.8 Å². The lowest BCUT2D eigenvalue weighted by Gasteiger charge is -2.15. The highest BCUT2D eigenvalue weighted by Crippen LogP contribution is 2.31. The van der Waals surface area contributed by atoms with E-state index >= 15 is 0 Å². The molecule has 0 aliphatic carbocycles. The van der Waals surface area contributed by atoms with E-state index in [0.717, 1.165) is 11.3 Å². The Morgan fingerprint density at radius 1 is 1.56 bits per heavy atom. The van der Waals surface area contributed by atoms with Crippen LogP contribution in [-0.4, -0.2) is 19.0 Å². The summed E-state index contributed by atoms with van der Waals surface area (Å²) < 4.78 is 0. The number of halogens is 1. The zero-order valence-electron chi connectivity index (χ0n) is 8.43. The number of fused-ring (bicyclic) bond motifs is 1. The normalized spacial score (nSPS) is 13.6. The molecule has 0 fully saturated rings. The van der Waals surface area contributed by atoms with Crippen molar-refractivity contribution in [3.8, 4) is 0 Å². The summed E-state index contributed by atoms with van der Waals surface area (Å²) >= 11 is 5.88. The number of azide groups is 1. The summed E-state index contributed by atoms with van der Waals surface area (Å²) in [6.45, 7) is 0.671. The molecule has 0 aromatic heterocycles. The Morgan fingerprint density at radius 2 is 2.38 bits per heavy atom. The van der Waals surface area contributed by atoms with Crippen LogP contribution in [-0.2, 0) is 11.2 Å². The molecule has 0 unspecified atom stereocenters. The molecule has 0 spiro atoms. The van der Waals surface area contributed by atoms with Gasteiger partial charge in [0.25, 0.3) is 0 Å². The maximum atomic E-state index is 11.7. The second-order valence-electron chi connectivity index (χ2n) is 3.45. The largest absolute Gasteiger partial charge is 0.312 e. The molecule has 1 amide bonds. The first-order valence-electron chi connectivity index (χ1n) is 4.82. The molecule has 0 saturated carbocycles. The van der Waals surface area contributed by atoms with E-state index in [4.69, 9.17) is 17.1 Å². The van der Waals surface area contributed by atoms with Gasteiger partial charge in [-0.05, 0) is 23.2 Å². The zero-order chi connectivity index (χ0) is 11.5. The van der Waals surface area contributed by atoms with Gasteiger partial charge in [-0.25, -0.2) is 0 Å². The Morgan fingerprint density at radius 3 is 3.12 bits per heavy atom. The van der Waals surface area contributed by atoms with Crippen molar-refractivity contribution in [3.05, 3.63) is 39.2 Å². The topological polar surface area (TPSA) is 69.1 Å². The van der Waals surface area contributed by atoms with Crippen molar-refractivity contribution in [2.75, 3.05) is 18.0 Å². The van der Waals surface area contributed by atoms with Gasteiger partial charge >= 0.3 is 0 Å². The van der Waals surface area contributed by atoms with E-state index in [-0.39, 0.29) is 12.5 Å². The summed E-state index contributed by atoms with van der Waals surface area (Å²) in [4.78, 5) is 15.9. The van der Waals surface area contributed by atoms with E-state index in [2.05, 4.69) is 10.0 Å².